The van der Waals surface area contributed by atoms with Gasteiger partial charge in [0.1, 0.15) is 0 Å². The van der Waals surface area contributed by atoms with Gasteiger partial charge in [0.15, 0.2) is 5.41 Å². The molecule has 22 heavy (non-hydrogen) atoms. The number of nitrogens with zero attached hydrogens (tertiary/aromatic N) is 1. The molecule has 0 saturated carbocycles. The number of H-pyrrole nitrogens is 1. The Labute approximate surface area is 126 Å². The second kappa shape index (κ2) is 6.13. The molecule has 0 aliphatic rings. The van der Waals surface area contributed by atoms with Gasteiger partial charge in [-0.05, 0) is 38.5 Å². The van der Waals surface area contributed by atoms with Crippen LogP contribution in [0.3, 0.4) is 0 Å². The summed E-state index contributed by atoms with van der Waals surface area (Å²) in [5.41, 5.74) is -0.974. The number of rotatable bonds is 5. The lowest BCUT2D eigenvalue weighted by Gasteiger charge is -2.25. The van der Waals surface area contributed by atoms with Gasteiger partial charge >= 0.3 is 11.9 Å². The molecule has 1 N–H and O–H groups in total. The number of esters is 2. The maximum atomic E-state index is 13.7. The van der Waals surface area contributed by atoms with Gasteiger partial charge in [0.2, 0.25) is 5.95 Å². The summed E-state index contributed by atoms with van der Waals surface area (Å²) in [7, 11) is 0. The van der Waals surface area contributed by atoms with E-state index in [9.17, 15) is 14.0 Å². The Hall–Kier alpha value is -2.44. The number of aromatic amines is 1. The molecular formula is C15H17FN2O4. The van der Waals surface area contributed by atoms with Crippen molar-refractivity contribution in [2.75, 3.05) is 13.2 Å². The summed E-state index contributed by atoms with van der Waals surface area (Å²) < 4.78 is 23.7. The molecule has 1 aromatic carbocycles. The van der Waals surface area contributed by atoms with Crippen molar-refractivity contribution >= 4 is 22.8 Å². The van der Waals surface area contributed by atoms with Gasteiger partial charge in [0, 0.05) is 0 Å². The quantitative estimate of drug-likeness (QED) is 0.675. The molecule has 2 rings (SSSR count). The Kier molecular flexibility index (Phi) is 4.44. The zero-order chi connectivity index (χ0) is 16.3. The van der Waals surface area contributed by atoms with E-state index in [0.717, 1.165) is 0 Å². The largest absolute Gasteiger partial charge is 0.465 e. The van der Waals surface area contributed by atoms with Gasteiger partial charge < -0.3 is 9.47 Å². The van der Waals surface area contributed by atoms with Gasteiger partial charge in [0.05, 0.1) is 24.1 Å². The average Bonchev–Trinajstić information content (AvgIpc) is 2.87. The molecule has 0 fully saturated rings. The van der Waals surface area contributed by atoms with Crippen LogP contribution in [0.2, 0.25) is 0 Å². The number of carbonyl (C=O) groups is 2. The third-order valence-corrected chi connectivity index (χ3v) is 3.45. The Morgan fingerprint density at radius 1 is 1.23 bits per heavy atom. The van der Waals surface area contributed by atoms with Crippen molar-refractivity contribution in [3.8, 4) is 0 Å². The molecule has 0 aliphatic heterocycles. The van der Waals surface area contributed by atoms with Crippen LogP contribution in [0.4, 0.5) is 4.39 Å². The highest BCUT2D eigenvalue weighted by Gasteiger charge is 2.46. The SMILES string of the molecule is CCOC(=O)C(C)(C(=O)OCC)c1ccc2n[nH]c(F)c2c1. The second-order valence-electron chi connectivity index (χ2n) is 4.84. The zero-order valence-electron chi connectivity index (χ0n) is 12.6. The molecule has 0 atom stereocenters. The average molecular weight is 308 g/mol. The Balaban J connectivity index is 2.57. The van der Waals surface area contributed by atoms with Crippen LogP contribution in [0.1, 0.15) is 26.3 Å². The molecule has 0 radical (unpaired) electrons. The van der Waals surface area contributed by atoms with Crippen molar-refractivity contribution in [3.05, 3.63) is 29.7 Å². The molecule has 0 aliphatic carbocycles. The summed E-state index contributed by atoms with van der Waals surface area (Å²) in [5.74, 6) is -2.11. The summed E-state index contributed by atoms with van der Waals surface area (Å²) in [5, 5.41) is 6.18. The van der Waals surface area contributed by atoms with Crippen molar-refractivity contribution in [2.45, 2.75) is 26.2 Å². The summed E-state index contributed by atoms with van der Waals surface area (Å²) in [6.07, 6.45) is 0. The lowest BCUT2D eigenvalue weighted by molar-refractivity contribution is -0.163. The molecule has 2 aromatic rings. The molecular weight excluding hydrogens is 291 g/mol. The van der Waals surface area contributed by atoms with Gasteiger partial charge in [-0.15, -0.1) is 0 Å². The lowest BCUT2D eigenvalue weighted by Crippen LogP contribution is -2.43. The van der Waals surface area contributed by atoms with Crippen LogP contribution in [0, 0.1) is 5.95 Å². The van der Waals surface area contributed by atoms with E-state index in [4.69, 9.17) is 9.47 Å². The smallest absolute Gasteiger partial charge is 0.327 e. The van der Waals surface area contributed by atoms with Gasteiger partial charge in [0.25, 0.3) is 0 Å². The van der Waals surface area contributed by atoms with Crippen LogP contribution in [-0.4, -0.2) is 35.3 Å². The molecule has 1 heterocycles. The van der Waals surface area contributed by atoms with E-state index in [1.807, 2.05) is 0 Å². The predicted molar refractivity (Wildman–Crippen MR) is 76.7 cm³/mol. The minimum absolute atomic E-state index is 0.121. The summed E-state index contributed by atoms with van der Waals surface area (Å²) >= 11 is 0. The zero-order valence-corrected chi connectivity index (χ0v) is 12.6. The van der Waals surface area contributed by atoms with E-state index < -0.39 is 23.3 Å². The number of halogens is 1. The number of nitrogens with one attached hydrogen (secondary N) is 1. The Bertz CT molecular complexity index is 693. The first-order valence-electron chi connectivity index (χ1n) is 6.93. The summed E-state index contributed by atoms with van der Waals surface area (Å²) in [6.45, 7) is 4.93. The fourth-order valence-corrected chi connectivity index (χ4v) is 2.16. The van der Waals surface area contributed by atoms with E-state index in [1.54, 1.807) is 13.8 Å². The molecule has 0 bridgehead atoms. The molecule has 0 unspecified atom stereocenters. The van der Waals surface area contributed by atoms with E-state index in [1.165, 1.54) is 25.1 Å². The van der Waals surface area contributed by atoms with Crippen LogP contribution in [0.25, 0.3) is 10.9 Å². The fraction of sp³-hybridized carbons (Fsp3) is 0.400. The number of carbonyl (C=O) groups excluding carboxylic acids is 2. The van der Waals surface area contributed by atoms with E-state index in [2.05, 4.69) is 10.2 Å². The highest BCUT2D eigenvalue weighted by molar-refractivity contribution is 6.06. The first-order chi connectivity index (χ1) is 10.4. The Morgan fingerprint density at radius 2 is 1.82 bits per heavy atom. The van der Waals surface area contributed by atoms with E-state index in [0.29, 0.717) is 5.52 Å². The highest BCUT2D eigenvalue weighted by atomic mass is 19.1. The lowest BCUT2D eigenvalue weighted by atomic mass is 9.82. The van der Waals surface area contributed by atoms with Crippen LogP contribution >= 0.6 is 0 Å². The monoisotopic (exact) mass is 308 g/mol. The van der Waals surface area contributed by atoms with Crippen molar-refractivity contribution in [1.82, 2.24) is 10.2 Å². The maximum absolute atomic E-state index is 13.7. The molecule has 118 valence electrons. The number of hydrogen-bond donors (Lipinski definition) is 1. The number of benzene rings is 1. The van der Waals surface area contributed by atoms with Crippen molar-refractivity contribution in [3.63, 3.8) is 0 Å². The number of fused-ring (bicyclic) bond motifs is 1. The van der Waals surface area contributed by atoms with Crippen LogP contribution in [-0.2, 0) is 24.5 Å². The van der Waals surface area contributed by atoms with Gasteiger partial charge in [-0.3, -0.25) is 14.7 Å². The third kappa shape index (κ3) is 2.54. The first kappa shape index (κ1) is 15.9. The van der Waals surface area contributed by atoms with Gasteiger partial charge in [-0.2, -0.15) is 9.49 Å². The maximum Gasteiger partial charge on any atom is 0.327 e. The van der Waals surface area contributed by atoms with Crippen molar-refractivity contribution in [2.24, 2.45) is 0 Å². The number of hydrogen-bond acceptors (Lipinski definition) is 5. The van der Waals surface area contributed by atoms with Crippen LogP contribution < -0.4 is 0 Å². The van der Waals surface area contributed by atoms with Crippen molar-refractivity contribution in [1.29, 1.82) is 0 Å². The van der Waals surface area contributed by atoms with Gasteiger partial charge in [-0.1, -0.05) is 6.07 Å². The highest BCUT2D eigenvalue weighted by Crippen LogP contribution is 2.30. The molecule has 6 nitrogen and oxygen atoms in total. The first-order valence-corrected chi connectivity index (χ1v) is 6.93. The van der Waals surface area contributed by atoms with Crippen LogP contribution in [0.5, 0.6) is 0 Å². The summed E-state index contributed by atoms with van der Waals surface area (Å²) in [4.78, 5) is 24.6. The van der Waals surface area contributed by atoms with Crippen molar-refractivity contribution < 1.29 is 23.5 Å². The second-order valence-corrected chi connectivity index (χ2v) is 4.84. The fourth-order valence-electron chi connectivity index (χ4n) is 2.16. The number of aromatic nitrogens is 2. The minimum Gasteiger partial charge on any atom is -0.465 e. The molecule has 1 aromatic heterocycles. The Morgan fingerprint density at radius 3 is 2.36 bits per heavy atom. The molecule has 0 spiro atoms. The van der Waals surface area contributed by atoms with Crippen LogP contribution in [0.15, 0.2) is 18.2 Å². The molecule has 7 heteroatoms. The summed E-state index contributed by atoms with van der Waals surface area (Å²) in [6, 6.07) is 4.47. The van der Waals surface area contributed by atoms with E-state index in [-0.39, 0.29) is 24.2 Å². The van der Waals surface area contributed by atoms with E-state index >= 15 is 0 Å². The third-order valence-electron chi connectivity index (χ3n) is 3.45. The minimum atomic E-state index is -1.66. The standard InChI is InChI=1S/C15H17FN2O4/c1-4-21-13(19)15(3,14(20)22-5-2)9-6-7-11-10(8-9)12(16)18-17-11/h6-8H,4-5H2,1-3H3,(H,17,18). The molecule has 0 amide bonds. The normalized spacial score (nSPS) is 11.5. The van der Waals surface area contributed by atoms with Gasteiger partial charge in [-0.25, -0.2) is 0 Å². The molecule has 0 saturated heterocycles. The topological polar surface area (TPSA) is 81.3 Å². The number of ether oxygens (including phenoxy) is 2. The predicted octanol–water partition coefficient (Wildman–Crippen LogP) is 2.09.